The first kappa shape index (κ1) is 9.39. The third-order valence-electron chi connectivity index (χ3n) is 0.925. The zero-order valence-corrected chi connectivity index (χ0v) is 6.16. The van der Waals surface area contributed by atoms with Crippen LogP contribution in [0.25, 0.3) is 0 Å². The summed E-state index contributed by atoms with van der Waals surface area (Å²) in [6, 6.07) is 0. The van der Waals surface area contributed by atoms with Gasteiger partial charge in [0.1, 0.15) is 0 Å². The second-order valence-electron chi connectivity index (χ2n) is 1.79. The normalized spacial score (nSPS) is 12.7. The Morgan fingerprint density at radius 3 is 2.60 bits per heavy atom. The van der Waals surface area contributed by atoms with Gasteiger partial charge in [0.15, 0.2) is 0 Å². The fourth-order valence-electron chi connectivity index (χ4n) is 0.515. The maximum absolute atomic E-state index is 10.3. The highest BCUT2D eigenvalue weighted by Crippen LogP contribution is 1.97. The van der Waals surface area contributed by atoms with E-state index in [1.165, 1.54) is 14.0 Å². The lowest BCUT2D eigenvalue weighted by Crippen LogP contribution is -2.19. The van der Waals surface area contributed by atoms with E-state index < -0.39 is 12.3 Å². The van der Waals surface area contributed by atoms with Gasteiger partial charge >= 0.3 is 5.97 Å². The summed E-state index contributed by atoms with van der Waals surface area (Å²) in [7, 11) is 1.42. The summed E-state index contributed by atoms with van der Waals surface area (Å²) in [6.45, 7) is 1.25. The molecule has 0 heterocycles. The molecule has 0 saturated heterocycles. The van der Waals surface area contributed by atoms with E-state index in [4.69, 9.17) is 9.84 Å². The molecule has 1 atom stereocenters. The number of rotatable bonds is 4. The Kier molecular flexibility index (Phi) is 4.88. The summed E-state index contributed by atoms with van der Waals surface area (Å²) < 4.78 is 9.32. The number of aliphatic hydroxyl groups excluding tert-OH is 1. The Morgan fingerprint density at radius 1 is 1.70 bits per heavy atom. The van der Waals surface area contributed by atoms with Crippen molar-refractivity contribution in [2.24, 2.45) is 0 Å². The lowest BCUT2D eigenvalue weighted by Gasteiger charge is -2.12. The monoisotopic (exact) mass is 148 g/mol. The van der Waals surface area contributed by atoms with E-state index in [0.717, 1.165) is 0 Å². The highest BCUT2D eigenvalue weighted by atomic mass is 16.7. The fourth-order valence-corrected chi connectivity index (χ4v) is 0.515. The standard InChI is InChI=1S/C6H12O4/c1-5(8)10-6(9-2)3-4-7/h6-7H,3-4H2,1-2H3. The molecule has 0 aliphatic rings. The molecule has 0 aliphatic heterocycles. The first-order valence-corrected chi connectivity index (χ1v) is 3.01. The van der Waals surface area contributed by atoms with Crippen molar-refractivity contribution in [3.05, 3.63) is 0 Å². The quantitative estimate of drug-likeness (QED) is 0.447. The molecule has 0 bridgehead atoms. The van der Waals surface area contributed by atoms with Crippen LogP contribution in [0.2, 0.25) is 0 Å². The molecule has 10 heavy (non-hydrogen) atoms. The van der Waals surface area contributed by atoms with Crippen LogP contribution in [0.3, 0.4) is 0 Å². The zero-order valence-electron chi connectivity index (χ0n) is 6.16. The summed E-state index contributed by atoms with van der Waals surface area (Å²) in [6.07, 6.45) is -0.293. The van der Waals surface area contributed by atoms with Gasteiger partial charge in [0.2, 0.25) is 6.29 Å². The molecule has 0 amide bonds. The summed E-state index contributed by atoms with van der Waals surface area (Å²) in [5.41, 5.74) is 0. The van der Waals surface area contributed by atoms with Crippen LogP contribution in [0.1, 0.15) is 13.3 Å². The molecule has 4 heteroatoms. The number of carbonyl (C=O) groups excluding carboxylic acids is 1. The molecule has 60 valence electrons. The van der Waals surface area contributed by atoms with Gasteiger partial charge in [-0.3, -0.25) is 4.79 Å². The highest BCUT2D eigenvalue weighted by molar-refractivity contribution is 5.66. The van der Waals surface area contributed by atoms with Crippen molar-refractivity contribution in [2.75, 3.05) is 13.7 Å². The van der Waals surface area contributed by atoms with Gasteiger partial charge in [-0.1, -0.05) is 0 Å². The molecule has 1 unspecified atom stereocenters. The Balaban J connectivity index is 3.49. The topological polar surface area (TPSA) is 55.8 Å². The van der Waals surface area contributed by atoms with Gasteiger partial charge < -0.3 is 14.6 Å². The van der Waals surface area contributed by atoms with Crippen LogP contribution in [0.15, 0.2) is 0 Å². The minimum atomic E-state index is -0.609. The Morgan fingerprint density at radius 2 is 2.30 bits per heavy atom. The van der Waals surface area contributed by atoms with Gasteiger partial charge in [0.05, 0.1) is 0 Å². The van der Waals surface area contributed by atoms with Crippen molar-refractivity contribution in [2.45, 2.75) is 19.6 Å². The summed E-state index contributed by atoms with van der Waals surface area (Å²) in [4.78, 5) is 10.3. The molecule has 0 rings (SSSR count). The van der Waals surface area contributed by atoms with Crippen LogP contribution >= 0.6 is 0 Å². The average Bonchev–Trinajstić information content (AvgIpc) is 1.86. The third-order valence-corrected chi connectivity index (χ3v) is 0.925. The van der Waals surface area contributed by atoms with Crippen LogP contribution < -0.4 is 0 Å². The second-order valence-corrected chi connectivity index (χ2v) is 1.79. The Labute approximate surface area is 59.7 Å². The SMILES string of the molecule is COC(CCO)OC(C)=O. The van der Waals surface area contributed by atoms with E-state index >= 15 is 0 Å². The van der Waals surface area contributed by atoms with E-state index in [1.807, 2.05) is 0 Å². The van der Waals surface area contributed by atoms with Crippen molar-refractivity contribution >= 4 is 5.97 Å². The Bertz CT molecular complexity index is 102. The van der Waals surface area contributed by atoms with Crippen LogP contribution in [0.5, 0.6) is 0 Å². The molecule has 0 fully saturated rings. The lowest BCUT2D eigenvalue weighted by atomic mass is 10.4. The fraction of sp³-hybridized carbons (Fsp3) is 0.833. The number of methoxy groups -OCH3 is 1. The average molecular weight is 148 g/mol. The molecule has 0 radical (unpaired) electrons. The zero-order chi connectivity index (χ0) is 7.98. The van der Waals surface area contributed by atoms with Gasteiger partial charge in [-0.05, 0) is 0 Å². The van der Waals surface area contributed by atoms with Gasteiger partial charge in [-0.25, -0.2) is 0 Å². The van der Waals surface area contributed by atoms with Crippen LogP contribution in [0, 0.1) is 0 Å². The van der Waals surface area contributed by atoms with E-state index in [1.54, 1.807) is 0 Å². The van der Waals surface area contributed by atoms with Crippen LogP contribution in [0.4, 0.5) is 0 Å². The lowest BCUT2D eigenvalue weighted by molar-refractivity contribution is -0.173. The number of carbonyl (C=O) groups is 1. The van der Waals surface area contributed by atoms with Gasteiger partial charge in [0, 0.05) is 27.1 Å². The smallest absolute Gasteiger partial charge is 0.304 e. The minimum Gasteiger partial charge on any atom is -0.436 e. The third kappa shape index (κ3) is 4.29. The van der Waals surface area contributed by atoms with E-state index in [2.05, 4.69) is 4.74 Å². The largest absolute Gasteiger partial charge is 0.436 e. The molecular formula is C6H12O4. The predicted octanol–water partition coefficient (Wildman–Crippen LogP) is -0.0956. The van der Waals surface area contributed by atoms with Crippen molar-refractivity contribution < 1.29 is 19.4 Å². The van der Waals surface area contributed by atoms with Gasteiger partial charge in [0.25, 0.3) is 0 Å². The van der Waals surface area contributed by atoms with Crippen molar-refractivity contribution in [3.8, 4) is 0 Å². The maximum atomic E-state index is 10.3. The Hall–Kier alpha value is -0.610. The van der Waals surface area contributed by atoms with Crippen molar-refractivity contribution in [1.29, 1.82) is 0 Å². The molecule has 0 aliphatic carbocycles. The number of hydrogen-bond acceptors (Lipinski definition) is 4. The van der Waals surface area contributed by atoms with Crippen molar-refractivity contribution in [1.82, 2.24) is 0 Å². The first-order valence-electron chi connectivity index (χ1n) is 3.01. The summed E-state index contributed by atoms with van der Waals surface area (Å²) in [5, 5.41) is 8.41. The number of aliphatic hydroxyl groups is 1. The molecular weight excluding hydrogens is 136 g/mol. The van der Waals surface area contributed by atoms with E-state index in [9.17, 15) is 4.79 Å². The maximum Gasteiger partial charge on any atom is 0.304 e. The summed E-state index contributed by atoms with van der Waals surface area (Å²) in [5.74, 6) is -0.402. The minimum absolute atomic E-state index is 0.0498. The number of hydrogen-bond donors (Lipinski definition) is 1. The summed E-state index contributed by atoms with van der Waals surface area (Å²) >= 11 is 0. The van der Waals surface area contributed by atoms with Crippen LogP contribution in [-0.2, 0) is 14.3 Å². The first-order chi connectivity index (χ1) is 4.70. The molecule has 0 aromatic heterocycles. The molecule has 0 saturated carbocycles. The van der Waals surface area contributed by atoms with Gasteiger partial charge in [-0.15, -0.1) is 0 Å². The number of ether oxygens (including phenoxy) is 2. The van der Waals surface area contributed by atoms with Crippen molar-refractivity contribution in [3.63, 3.8) is 0 Å². The van der Waals surface area contributed by atoms with E-state index in [-0.39, 0.29) is 6.61 Å². The van der Waals surface area contributed by atoms with Gasteiger partial charge in [-0.2, -0.15) is 0 Å². The molecule has 0 spiro atoms. The van der Waals surface area contributed by atoms with Crippen LogP contribution in [-0.4, -0.2) is 31.1 Å². The molecule has 1 N–H and O–H groups in total. The molecule has 4 nitrogen and oxygen atoms in total. The predicted molar refractivity (Wildman–Crippen MR) is 34.3 cm³/mol. The second kappa shape index (κ2) is 5.20. The number of esters is 1. The molecule has 0 aromatic carbocycles. The molecule has 0 aromatic rings. The van der Waals surface area contributed by atoms with E-state index in [0.29, 0.717) is 6.42 Å². The highest BCUT2D eigenvalue weighted by Gasteiger charge is 2.07.